The molecular weight excluding hydrogens is 441 g/mol. The van der Waals surface area contributed by atoms with Crippen LogP contribution >= 0.6 is 23.2 Å². The molecule has 0 aromatic heterocycles. The topological polar surface area (TPSA) is 110 Å². The molecule has 8 nitrogen and oxygen atoms in total. The van der Waals surface area contributed by atoms with E-state index < -0.39 is 26.5 Å². The van der Waals surface area contributed by atoms with Crippen LogP contribution in [0.3, 0.4) is 0 Å². The minimum Gasteiger partial charge on any atom is -0.322 e. The van der Waals surface area contributed by atoms with E-state index in [1.54, 1.807) is 0 Å². The number of halogens is 2. The molecule has 2 aromatic rings. The van der Waals surface area contributed by atoms with Crippen LogP contribution in [0.5, 0.6) is 0 Å². The normalized spacial score (nSPS) is 15.1. The van der Waals surface area contributed by atoms with E-state index in [0.717, 1.165) is 25.3 Å². The van der Waals surface area contributed by atoms with Gasteiger partial charge in [0.25, 0.3) is 11.6 Å². The van der Waals surface area contributed by atoms with Crippen molar-refractivity contribution in [1.29, 1.82) is 0 Å². The highest BCUT2D eigenvalue weighted by molar-refractivity contribution is 7.89. The third-order valence-electron chi connectivity index (χ3n) is 4.53. The summed E-state index contributed by atoms with van der Waals surface area (Å²) in [5.74, 6) is -0.645. The molecule has 0 saturated carbocycles. The van der Waals surface area contributed by atoms with Gasteiger partial charge in [0.05, 0.1) is 9.95 Å². The molecule has 1 heterocycles. The molecule has 154 valence electrons. The number of carbonyl (C=O) groups is 1. The first kappa shape index (κ1) is 21.5. The fourth-order valence-electron chi connectivity index (χ4n) is 3.02. The summed E-state index contributed by atoms with van der Waals surface area (Å²) in [7, 11) is -3.80. The lowest BCUT2D eigenvalue weighted by molar-refractivity contribution is -0.384. The lowest BCUT2D eigenvalue weighted by Crippen LogP contribution is -2.35. The Kier molecular flexibility index (Phi) is 6.42. The summed E-state index contributed by atoms with van der Waals surface area (Å²) < 4.78 is 27.2. The second-order valence-electron chi connectivity index (χ2n) is 6.49. The van der Waals surface area contributed by atoms with E-state index in [-0.39, 0.29) is 26.2 Å². The van der Waals surface area contributed by atoms with Gasteiger partial charge in [-0.2, -0.15) is 4.31 Å². The molecule has 1 aliphatic heterocycles. The van der Waals surface area contributed by atoms with Gasteiger partial charge in [0.15, 0.2) is 0 Å². The van der Waals surface area contributed by atoms with Gasteiger partial charge < -0.3 is 5.32 Å². The molecule has 29 heavy (non-hydrogen) atoms. The Labute approximate surface area is 177 Å². The molecule has 0 bridgehead atoms. The number of carbonyl (C=O) groups excluding carboxylic acids is 1. The molecule has 0 aliphatic carbocycles. The second-order valence-corrected chi connectivity index (χ2v) is 9.21. The highest BCUT2D eigenvalue weighted by Gasteiger charge is 2.28. The Hall–Kier alpha value is -2.20. The van der Waals surface area contributed by atoms with Gasteiger partial charge in [-0.1, -0.05) is 29.6 Å². The zero-order chi connectivity index (χ0) is 21.2. The number of hydrogen-bond acceptors (Lipinski definition) is 5. The first-order valence-electron chi connectivity index (χ1n) is 8.75. The van der Waals surface area contributed by atoms with Gasteiger partial charge in [-0.3, -0.25) is 14.9 Å². The van der Waals surface area contributed by atoms with Crippen molar-refractivity contribution in [2.24, 2.45) is 0 Å². The van der Waals surface area contributed by atoms with E-state index in [0.29, 0.717) is 13.1 Å². The number of nitrogens with one attached hydrogen (secondary N) is 1. The SMILES string of the molecule is O=C(Nc1ccc(Cl)c(S(=O)(=O)N2CCCCC2)c1)c1ccc(Cl)c([N+](=O)[O-])c1. The van der Waals surface area contributed by atoms with Crippen molar-refractivity contribution in [2.75, 3.05) is 18.4 Å². The van der Waals surface area contributed by atoms with E-state index in [2.05, 4.69) is 5.32 Å². The summed E-state index contributed by atoms with van der Waals surface area (Å²) in [5, 5.41) is 13.5. The predicted octanol–water partition coefficient (Wildman–Crippen LogP) is 4.33. The molecular formula is C18H17Cl2N3O5S. The van der Waals surface area contributed by atoms with Crippen LogP contribution in [0.25, 0.3) is 0 Å². The zero-order valence-corrected chi connectivity index (χ0v) is 17.4. The maximum Gasteiger partial charge on any atom is 0.288 e. The number of amides is 1. The second kappa shape index (κ2) is 8.66. The molecule has 1 fully saturated rings. The maximum absolute atomic E-state index is 12.9. The molecule has 11 heteroatoms. The fourth-order valence-corrected chi connectivity index (χ4v) is 5.22. The lowest BCUT2D eigenvalue weighted by atomic mass is 10.2. The van der Waals surface area contributed by atoms with Crippen LogP contribution in [-0.2, 0) is 10.0 Å². The number of anilines is 1. The van der Waals surface area contributed by atoms with Crippen molar-refractivity contribution >= 4 is 50.5 Å². The van der Waals surface area contributed by atoms with Crippen molar-refractivity contribution in [3.63, 3.8) is 0 Å². The van der Waals surface area contributed by atoms with Crippen molar-refractivity contribution in [2.45, 2.75) is 24.2 Å². The van der Waals surface area contributed by atoms with Gasteiger partial charge >= 0.3 is 0 Å². The summed E-state index contributed by atoms with van der Waals surface area (Å²) in [6, 6.07) is 7.78. The Bertz CT molecular complexity index is 1070. The van der Waals surface area contributed by atoms with Crippen LogP contribution < -0.4 is 5.32 Å². The van der Waals surface area contributed by atoms with Crippen LogP contribution in [0.4, 0.5) is 11.4 Å². The largest absolute Gasteiger partial charge is 0.322 e. The van der Waals surface area contributed by atoms with Gasteiger partial charge in [0, 0.05) is 30.4 Å². The fraction of sp³-hybridized carbons (Fsp3) is 0.278. The summed E-state index contributed by atoms with van der Waals surface area (Å²) in [5.41, 5.74) is -0.187. The lowest BCUT2D eigenvalue weighted by Gasteiger charge is -2.26. The van der Waals surface area contributed by atoms with Crippen molar-refractivity contribution in [3.8, 4) is 0 Å². The third-order valence-corrected chi connectivity index (χ3v) is 7.23. The van der Waals surface area contributed by atoms with E-state index in [1.807, 2.05) is 0 Å². The molecule has 3 rings (SSSR count). The minimum atomic E-state index is -3.80. The van der Waals surface area contributed by atoms with Crippen molar-refractivity contribution < 1.29 is 18.1 Å². The molecule has 1 aliphatic rings. The highest BCUT2D eigenvalue weighted by Crippen LogP contribution is 2.30. The molecule has 1 amide bonds. The molecule has 0 unspecified atom stereocenters. The highest BCUT2D eigenvalue weighted by atomic mass is 35.5. The van der Waals surface area contributed by atoms with E-state index >= 15 is 0 Å². The summed E-state index contributed by atoms with van der Waals surface area (Å²) in [6.07, 6.45) is 2.54. The van der Waals surface area contributed by atoms with Crippen LogP contribution in [0, 0.1) is 10.1 Å². The third kappa shape index (κ3) is 4.69. The van der Waals surface area contributed by atoms with E-state index in [4.69, 9.17) is 23.2 Å². The number of nitro groups is 1. The zero-order valence-electron chi connectivity index (χ0n) is 15.1. The maximum atomic E-state index is 12.9. The van der Waals surface area contributed by atoms with Gasteiger partial charge in [-0.15, -0.1) is 0 Å². The van der Waals surface area contributed by atoms with Crippen LogP contribution in [-0.4, -0.2) is 36.6 Å². The summed E-state index contributed by atoms with van der Waals surface area (Å²) in [4.78, 5) is 22.7. The predicted molar refractivity (Wildman–Crippen MR) is 110 cm³/mol. The van der Waals surface area contributed by atoms with Gasteiger partial charge in [-0.05, 0) is 43.2 Å². The van der Waals surface area contributed by atoms with Crippen LogP contribution in [0.1, 0.15) is 29.6 Å². The summed E-state index contributed by atoms with van der Waals surface area (Å²) >= 11 is 11.9. The van der Waals surface area contributed by atoms with E-state index in [1.165, 1.54) is 34.6 Å². The molecule has 1 saturated heterocycles. The standard InChI is InChI=1S/C18H17Cl2N3O5S/c19-14-6-4-12(10-16(14)23(25)26)18(24)21-13-5-7-15(20)17(11-13)29(27,28)22-8-2-1-3-9-22/h4-7,10-11H,1-3,8-9H2,(H,21,24). The summed E-state index contributed by atoms with van der Waals surface area (Å²) in [6.45, 7) is 0.841. The van der Waals surface area contributed by atoms with Crippen molar-refractivity contribution in [1.82, 2.24) is 4.31 Å². The van der Waals surface area contributed by atoms with Crippen molar-refractivity contribution in [3.05, 3.63) is 62.1 Å². The van der Waals surface area contributed by atoms with Crippen LogP contribution in [0.15, 0.2) is 41.3 Å². The first-order chi connectivity index (χ1) is 13.7. The smallest absolute Gasteiger partial charge is 0.288 e. The average Bonchev–Trinajstić information content (AvgIpc) is 2.70. The Morgan fingerprint density at radius 3 is 2.34 bits per heavy atom. The average molecular weight is 458 g/mol. The number of benzene rings is 2. The number of nitro benzene ring substituents is 1. The Morgan fingerprint density at radius 2 is 1.69 bits per heavy atom. The number of sulfonamides is 1. The Morgan fingerprint density at radius 1 is 1.03 bits per heavy atom. The molecule has 1 N–H and O–H groups in total. The number of nitrogens with zero attached hydrogens (tertiary/aromatic N) is 2. The van der Waals surface area contributed by atoms with E-state index in [9.17, 15) is 23.3 Å². The molecule has 0 spiro atoms. The van der Waals surface area contributed by atoms with Gasteiger partial charge in [-0.25, -0.2) is 8.42 Å². The molecule has 2 aromatic carbocycles. The van der Waals surface area contributed by atoms with Gasteiger partial charge in [0.2, 0.25) is 10.0 Å². The quantitative estimate of drug-likeness (QED) is 0.530. The monoisotopic (exact) mass is 457 g/mol. The Balaban J connectivity index is 1.87. The first-order valence-corrected chi connectivity index (χ1v) is 10.9. The number of piperidine rings is 1. The number of rotatable bonds is 5. The van der Waals surface area contributed by atoms with Crippen LogP contribution in [0.2, 0.25) is 10.0 Å². The molecule has 0 radical (unpaired) electrons. The number of hydrogen-bond donors (Lipinski definition) is 1. The molecule has 0 atom stereocenters. The van der Waals surface area contributed by atoms with Gasteiger partial charge in [0.1, 0.15) is 9.92 Å². The minimum absolute atomic E-state index is 0.0106.